The summed E-state index contributed by atoms with van der Waals surface area (Å²) in [7, 11) is 0. The number of carbonyl (C=O) groups is 3. The summed E-state index contributed by atoms with van der Waals surface area (Å²) in [4.78, 5) is 41.4. The van der Waals surface area contributed by atoms with E-state index in [0.717, 1.165) is 13.2 Å². The quantitative estimate of drug-likeness (QED) is 0.368. The first kappa shape index (κ1) is 24.5. The Morgan fingerprint density at radius 3 is 1.30 bits per heavy atom. The van der Waals surface area contributed by atoms with Crippen molar-refractivity contribution in [2.24, 2.45) is 5.92 Å². The van der Waals surface area contributed by atoms with Gasteiger partial charge in [0, 0.05) is 58.9 Å². The van der Waals surface area contributed by atoms with Crippen molar-refractivity contribution in [1.82, 2.24) is 19.6 Å². The van der Waals surface area contributed by atoms with Crippen molar-refractivity contribution in [3.05, 3.63) is 0 Å². The number of aliphatic carboxylic acids is 3. The molecule has 30 heavy (non-hydrogen) atoms. The number of carboxylic acid groups (broad SMARTS) is 3. The van der Waals surface area contributed by atoms with E-state index in [0.29, 0.717) is 58.3 Å². The van der Waals surface area contributed by atoms with Gasteiger partial charge in [-0.1, -0.05) is 6.92 Å². The highest BCUT2D eigenvalue weighted by Gasteiger charge is 2.31. The van der Waals surface area contributed by atoms with E-state index in [1.165, 1.54) is 0 Å². The molecule has 0 spiro atoms. The number of ether oxygens (including phenoxy) is 1. The Morgan fingerprint density at radius 2 is 1.03 bits per heavy atom. The van der Waals surface area contributed by atoms with Crippen molar-refractivity contribution in [2.75, 3.05) is 85.1 Å². The van der Waals surface area contributed by atoms with Crippen LogP contribution in [-0.4, -0.2) is 144 Å². The van der Waals surface area contributed by atoms with E-state index in [1.54, 1.807) is 4.90 Å². The second-order valence-corrected chi connectivity index (χ2v) is 8.16. The van der Waals surface area contributed by atoms with Crippen LogP contribution in [0.25, 0.3) is 0 Å². The van der Waals surface area contributed by atoms with E-state index < -0.39 is 17.9 Å². The number of rotatable bonds is 9. The van der Waals surface area contributed by atoms with Gasteiger partial charge in [0.25, 0.3) is 0 Å². The third kappa shape index (κ3) is 9.81. The molecule has 0 aromatic heterocycles. The lowest BCUT2D eigenvalue weighted by molar-refractivity contribution is -0.140. The maximum Gasteiger partial charge on any atom is 0.317 e. The van der Waals surface area contributed by atoms with Crippen LogP contribution in [0.2, 0.25) is 0 Å². The smallest absolute Gasteiger partial charge is 0.317 e. The fourth-order valence-corrected chi connectivity index (χ4v) is 3.72. The molecule has 0 amide bonds. The van der Waals surface area contributed by atoms with Gasteiger partial charge in [-0.05, 0) is 5.92 Å². The lowest BCUT2D eigenvalue weighted by atomic mass is 10.1. The molecule has 11 nitrogen and oxygen atoms in total. The van der Waals surface area contributed by atoms with Gasteiger partial charge in [0.15, 0.2) is 0 Å². The minimum Gasteiger partial charge on any atom is -0.480 e. The molecule has 2 aliphatic heterocycles. The average Bonchev–Trinajstić information content (AvgIpc) is 3.47. The van der Waals surface area contributed by atoms with E-state index >= 15 is 0 Å². The Morgan fingerprint density at radius 1 is 0.733 bits per heavy atom. The van der Waals surface area contributed by atoms with E-state index in [9.17, 15) is 29.7 Å². The predicted molar refractivity (Wildman–Crippen MR) is 108 cm³/mol. The molecule has 0 bridgehead atoms. The normalized spacial score (nSPS) is 24.5. The van der Waals surface area contributed by atoms with E-state index in [4.69, 9.17) is 4.74 Å². The Kier molecular flexibility index (Phi) is 9.92. The first-order valence-corrected chi connectivity index (χ1v) is 10.4. The summed E-state index contributed by atoms with van der Waals surface area (Å²) < 4.78 is 5.38. The van der Waals surface area contributed by atoms with Crippen LogP contribution in [0.4, 0.5) is 0 Å². The number of hydrogen-bond donors (Lipinski definition) is 3. The Hall–Kier alpha value is -1.79. The lowest BCUT2D eigenvalue weighted by Gasteiger charge is -2.33. The molecule has 0 radical (unpaired) electrons. The lowest BCUT2D eigenvalue weighted by Crippen LogP contribution is -2.49. The molecule has 0 aromatic rings. The van der Waals surface area contributed by atoms with Gasteiger partial charge in [-0.2, -0.15) is 0 Å². The van der Waals surface area contributed by atoms with Gasteiger partial charge in [-0.3, -0.25) is 29.1 Å². The van der Waals surface area contributed by atoms with Gasteiger partial charge in [0.1, 0.15) is 0 Å². The molecule has 0 aromatic carbocycles. The minimum atomic E-state index is -0.959. The van der Waals surface area contributed by atoms with Gasteiger partial charge < -0.3 is 25.0 Å². The van der Waals surface area contributed by atoms with Crippen molar-refractivity contribution in [3.63, 3.8) is 0 Å². The topological polar surface area (TPSA) is 137 Å². The SMILES string of the molecule is CC(CN1CCN(CC(=O)O)CCN(CC(=O)O)CCN(CC(=O)O)CC1)C1CO1. The van der Waals surface area contributed by atoms with E-state index in [-0.39, 0.29) is 25.7 Å². The largest absolute Gasteiger partial charge is 0.480 e. The summed E-state index contributed by atoms with van der Waals surface area (Å²) in [5.41, 5.74) is 0. The molecule has 2 fully saturated rings. The Labute approximate surface area is 176 Å². The molecule has 2 rings (SSSR count). The summed E-state index contributed by atoms with van der Waals surface area (Å²) in [6, 6.07) is 0. The van der Waals surface area contributed by atoms with Crippen LogP contribution in [0.3, 0.4) is 0 Å². The summed E-state index contributed by atoms with van der Waals surface area (Å²) in [6.45, 7) is 7.45. The van der Waals surface area contributed by atoms with E-state index in [2.05, 4.69) is 11.8 Å². The van der Waals surface area contributed by atoms with Crippen LogP contribution < -0.4 is 0 Å². The Balaban J connectivity index is 2.07. The number of hydrogen-bond acceptors (Lipinski definition) is 8. The fraction of sp³-hybridized carbons (Fsp3) is 0.842. The Bertz CT molecular complexity index is 555. The molecule has 0 saturated carbocycles. The zero-order chi connectivity index (χ0) is 22.1. The standard InChI is InChI=1S/C19H34N4O7/c1-15(16-14-30-16)10-20-2-4-21(11-17(24)25)6-8-23(13-19(28)29)9-7-22(5-3-20)12-18(26)27/h15-16H,2-14H2,1H3,(H,24,25)(H,26,27)(H,28,29). The van der Waals surface area contributed by atoms with Gasteiger partial charge >= 0.3 is 17.9 Å². The summed E-state index contributed by atoms with van der Waals surface area (Å²) in [6.07, 6.45) is 0.265. The van der Waals surface area contributed by atoms with Gasteiger partial charge in [0.2, 0.25) is 0 Å². The first-order chi connectivity index (χ1) is 14.2. The molecule has 2 heterocycles. The van der Waals surface area contributed by atoms with Crippen LogP contribution in [0.1, 0.15) is 6.92 Å². The second kappa shape index (κ2) is 12.2. The van der Waals surface area contributed by atoms with Crippen LogP contribution in [0, 0.1) is 5.92 Å². The third-order valence-electron chi connectivity index (χ3n) is 5.55. The molecular weight excluding hydrogens is 396 g/mol. The van der Waals surface area contributed by atoms with Gasteiger partial charge in [-0.15, -0.1) is 0 Å². The van der Waals surface area contributed by atoms with Crippen molar-refractivity contribution < 1.29 is 34.4 Å². The molecule has 172 valence electrons. The van der Waals surface area contributed by atoms with Crippen molar-refractivity contribution in [1.29, 1.82) is 0 Å². The highest BCUT2D eigenvalue weighted by Crippen LogP contribution is 2.20. The highest BCUT2D eigenvalue weighted by molar-refractivity contribution is 5.69. The minimum absolute atomic E-state index is 0.0961. The van der Waals surface area contributed by atoms with Crippen molar-refractivity contribution in [3.8, 4) is 0 Å². The zero-order valence-electron chi connectivity index (χ0n) is 17.6. The molecule has 3 N–H and O–H groups in total. The zero-order valence-corrected chi connectivity index (χ0v) is 17.6. The summed E-state index contributed by atoms with van der Waals surface area (Å²) >= 11 is 0. The average molecular weight is 431 g/mol. The predicted octanol–water partition coefficient (Wildman–Crippen LogP) is -1.50. The maximum atomic E-state index is 11.3. The maximum absolute atomic E-state index is 11.3. The van der Waals surface area contributed by atoms with Crippen molar-refractivity contribution in [2.45, 2.75) is 13.0 Å². The molecule has 11 heteroatoms. The molecule has 2 aliphatic rings. The third-order valence-corrected chi connectivity index (χ3v) is 5.55. The molecular formula is C19H34N4O7. The number of carboxylic acids is 3. The van der Waals surface area contributed by atoms with Gasteiger partial charge in [0.05, 0.1) is 32.3 Å². The second-order valence-electron chi connectivity index (χ2n) is 8.16. The fourth-order valence-electron chi connectivity index (χ4n) is 3.72. The van der Waals surface area contributed by atoms with Crippen LogP contribution in [0.15, 0.2) is 0 Å². The monoisotopic (exact) mass is 430 g/mol. The molecule has 2 saturated heterocycles. The van der Waals surface area contributed by atoms with Crippen LogP contribution in [-0.2, 0) is 19.1 Å². The highest BCUT2D eigenvalue weighted by atomic mass is 16.6. The number of epoxide rings is 1. The van der Waals surface area contributed by atoms with Crippen molar-refractivity contribution >= 4 is 17.9 Å². The summed E-state index contributed by atoms with van der Waals surface area (Å²) in [5, 5.41) is 27.6. The van der Waals surface area contributed by atoms with E-state index in [1.807, 2.05) is 9.80 Å². The summed E-state index contributed by atoms with van der Waals surface area (Å²) in [5.74, 6) is -2.43. The van der Waals surface area contributed by atoms with Crippen LogP contribution in [0.5, 0.6) is 0 Å². The van der Waals surface area contributed by atoms with Crippen LogP contribution >= 0.6 is 0 Å². The number of nitrogens with zero attached hydrogens (tertiary/aromatic N) is 4. The molecule has 2 atom stereocenters. The molecule has 2 unspecified atom stereocenters. The first-order valence-electron chi connectivity index (χ1n) is 10.4. The molecule has 0 aliphatic carbocycles. The van der Waals surface area contributed by atoms with Gasteiger partial charge in [-0.25, -0.2) is 0 Å².